The van der Waals surface area contributed by atoms with Crippen LogP contribution in [0.1, 0.15) is 26.1 Å². The zero-order valence-corrected chi connectivity index (χ0v) is 19.1. The van der Waals surface area contributed by atoms with Gasteiger partial charge in [-0.2, -0.15) is 9.40 Å². The summed E-state index contributed by atoms with van der Waals surface area (Å²) >= 11 is 0. The molecule has 1 amide bonds. The Kier molecular flexibility index (Phi) is 5.98. The van der Waals surface area contributed by atoms with E-state index in [0.717, 1.165) is 16.4 Å². The van der Waals surface area contributed by atoms with Crippen LogP contribution in [-0.4, -0.2) is 51.5 Å². The lowest BCUT2D eigenvalue weighted by Crippen LogP contribution is -2.30. The maximum atomic E-state index is 12.8. The molecule has 10 heteroatoms. The van der Waals surface area contributed by atoms with Crippen LogP contribution in [0.25, 0.3) is 21.9 Å². The van der Waals surface area contributed by atoms with E-state index < -0.39 is 10.0 Å². The van der Waals surface area contributed by atoms with Crippen molar-refractivity contribution in [2.24, 2.45) is 7.05 Å². The number of amides is 1. The minimum atomic E-state index is -3.56. The van der Waals surface area contributed by atoms with Gasteiger partial charge in [0.1, 0.15) is 5.82 Å². The Hall–Kier alpha value is -3.24. The molecule has 0 aliphatic carbocycles. The number of sulfonamides is 1. The highest BCUT2D eigenvalue weighted by molar-refractivity contribution is 7.89. The van der Waals surface area contributed by atoms with Gasteiger partial charge < -0.3 is 9.88 Å². The molecule has 0 saturated carbocycles. The fraction of sp³-hybridized carbons (Fsp3) is 0.318. The van der Waals surface area contributed by atoms with E-state index in [9.17, 15) is 13.2 Å². The maximum Gasteiger partial charge on any atom is 0.243 e. The van der Waals surface area contributed by atoms with Crippen LogP contribution in [-0.2, 0) is 28.3 Å². The molecule has 168 valence electrons. The van der Waals surface area contributed by atoms with Crippen LogP contribution < -0.4 is 5.32 Å². The molecular formula is C22H26N6O3S. The van der Waals surface area contributed by atoms with Crippen molar-refractivity contribution in [3.8, 4) is 0 Å². The topological polar surface area (TPSA) is 113 Å². The fourth-order valence-electron chi connectivity index (χ4n) is 3.84. The zero-order chi connectivity index (χ0) is 22.9. The van der Waals surface area contributed by atoms with Gasteiger partial charge in [0.25, 0.3) is 0 Å². The molecule has 9 nitrogen and oxygen atoms in total. The fourth-order valence-corrected chi connectivity index (χ4v) is 5.32. The number of hydrogen-bond donors (Lipinski definition) is 2. The quantitative estimate of drug-likeness (QED) is 0.425. The van der Waals surface area contributed by atoms with Gasteiger partial charge in [0, 0.05) is 38.4 Å². The smallest absolute Gasteiger partial charge is 0.243 e. The second kappa shape index (κ2) is 8.71. The summed E-state index contributed by atoms with van der Waals surface area (Å²) in [6.07, 6.45) is 2.37. The molecule has 0 atom stereocenters. The van der Waals surface area contributed by atoms with Gasteiger partial charge in [-0.15, -0.1) is 0 Å². The normalized spacial score (nSPS) is 12.1. The molecule has 2 heterocycles. The van der Waals surface area contributed by atoms with E-state index in [1.165, 1.54) is 4.31 Å². The van der Waals surface area contributed by atoms with Gasteiger partial charge in [-0.1, -0.05) is 26.0 Å². The molecule has 0 aliphatic heterocycles. The molecule has 2 aromatic heterocycles. The minimum absolute atomic E-state index is 0.135. The molecule has 0 radical (unpaired) electrons. The molecule has 0 aliphatic rings. The van der Waals surface area contributed by atoms with Gasteiger partial charge in [0.2, 0.25) is 15.9 Å². The number of H-pyrrole nitrogens is 1. The van der Waals surface area contributed by atoms with Crippen LogP contribution in [0.5, 0.6) is 0 Å². The first-order valence-electron chi connectivity index (χ1n) is 10.5. The van der Waals surface area contributed by atoms with Crippen molar-refractivity contribution in [2.45, 2.75) is 31.6 Å². The Balaban J connectivity index is 1.51. The van der Waals surface area contributed by atoms with E-state index in [0.29, 0.717) is 36.5 Å². The highest BCUT2D eigenvalue weighted by Crippen LogP contribution is 2.23. The Labute approximate surface area is 186 Å². The number of fused-ring (bicyclic) bond motifs is 2. The number of carbonyl (C=O) groups is 1. The Morgan fingerprint density at radius 3 is 2.72 bits per heavy atom. The summed E-state index contributed by atoms with van der Waals surface area (Å²) in [5.74, 6) is 0.580. The first-order valence-corrected chi connectivity index (χ1v) is 12.0. The number of aromatic nitrogens is 4. The maximum absolute atomic E-state index is 12.8. The van der Waals surface area contributed by atoms with E-state index in [2.05, 4.69) is 20.5 Å². The molecule has 32 heavy (non-hydrogen) atoms. The van der Waals surface area contributed by atoms with Crippen LogP contribution in [0.2, 0.25) is 0 Å². The van der Waals surface area contributed by atoms with Crippen molar-refractivity contribution in [1.82, 2.24) is 24.1 Å². The number of para-hydroxylation sites is 1. The number of carbonyl (C=O) groups excluding carboxylic acids is 1. The molecule has 0 unspecified atom stereocenters. The number of rotatable bonds is 8. The molecular weight excluding hydrogens is 428 g/mol. The third-order valence-corrected chi connectivity index (χ3v) is 7.66. The number of benzene rings is 2. The predicted octanol–water partition coefficient (Wildman–Crippen LogP) is 3.05. The van der Waals surface area contributed by atoms with Crippen LogP contribution in [0, 0.1) is 0 Å². The molecule has 0 fully saturated rings. The minimum Gasteiger partial charge on any atom is -0.331 e. The monoisotopic (exact) mass is 454 g/mol. The van der Waals surface area contributed by atoms with Crippen molar-refractivity contribution >= 4 is 43.6 Å². The van der Waals surface area contributed by atoms with Crippen molar-refractivity contribution < 1.29 is 13.2 Å². The highest BCUT2D eigenvalue weighted by atomic mass is 32.2. The van der Waals surface area contributed by atoms with Gasteiger partial charge in [-0.05, 0) is 24.3 Å². The van der Waals surface area contributed by atoms with Gasteiger partial charge in [0.05, 0.1) is 33.3 Å². The van der Waals surface area contributed by atoms with Gasteiger partial charge in [0.15, 0.2) is 0 Å². The average molecular weight is 455 g/mol. The number of imidazole rings is 1. The van der Waals surface area contributed by atoms with Gasteiger partial charge in [-0.25, -0.2) is 13.4 Å². The molecule has 4 rings (SSSR count). The number of nitrogens with one attached hydrogen (secondary N) is 2. The molecule has 2 N–H and O–H groups in total. The summed E-state index contributed by atoms with van der Waals surface area (Å²) in [6.45, 7) is 4.45. The van der Waals surface area contributed by atoms with Gasteiger partial charge in [-0.3, -0.25) is 9.89 Å². The zero-order valence-electron chi connectivity index (χ0n) is 18.3. The van der Waals surface area contributed by atoms with Crippen molar-refractivity contribution in [1.29, 1.82) is 0 Å². The molecule has 0 spiro atoms. The number of aromatic amines is 1. The van der Waals surface area contributed by atoms with E-state index in [1.54, 1.807) is 24.4 Å². The Morgan fingerprint density at radius 2 is 1.97 bits per heavy atom. The van der Waals surface area contributed by atoms with Crippen LogP contribution in [0.3, 0.4) is 0 Å². The summed E-state index contributed by atoms with van der Waals surface area (Å²) in [7, 11) is -1.69. The molecule has 4 aromatic rings. The predicted molar refractivity (Wildman–Crippen MR) is 124 cm³/mol. The summed E-state index contributed by atoms with van der Waals surface area (Å²) < 4.78 is 29.0. The van der Waals surface area contributed by atoms with Crippen molar-refractivity contribution in [3.63, 3.8) is 0 Å². The SMILES string of the molecule is CCN(CC)S(=O)(=O)c1ccc2c(c1)nc(CCC(=O)Nc1cccc3cn[nH]c13)n2C. The second-order valence-corrected chi connectivity index (χ2v) is 9.45. The van der Waals surface area contributed by atoms with Crippen LogP contribution in [0.15, 0.2) is 47.5 Å². The largest absolute Gasteiger partial charge is 0.331 e. The lowest BCUT2D eigenvalue weighted by atomic mass is 10.2. The summed E-state index contributed by atoms with van der Waals surface area (Å²) in [5, 5.41) is 10.7. The van der Waals surface area contributed by atoms with E-state index in [1.807, 2.05) is 43.7 Å². The lowest BCUT2D eigenvalue weighted by molar-refractivity contribution is -0.116. The molecule has 0 saturated heterocycles. The lowest BCUT2D eigenvalue weighted by Gasteiger charge is -2.18. The summed E-state index contributed by atoms with van der Waals surface area (Å²) in [5.41, 5.74) is 2.88. The molecule has 0 bridgehead atoms. The highest BCUT2D eigenvalue weighted by Gasteiger charge is 2.22. The van der Waals surface area contributed by atoms with Gasteiger partial charge >= 0.3 is 0 Å². The van der Waals surface area contributed by atoms with Crippen molar-refractivity contribution in [3.05, 3.63) is 48.4 Å². The summed E-state index contributed by atoms with van der Waals surface area (Å²) in [6, 6.07) is 10.6. The number of aryl methyl sites for hydroxylation is 2. The standard InChI is InChI=1S/C22H26N6O3S/c1-4-28(5-2)32(30,31)16-9-10-19-18(13-16)24-20(27(19)3)11-12-21(29)25-17-8-6-7-15-14-23-26-22(15)17/h6-10,13-14H,4-5,11-12H2,1-3H3,(H,23,26)(H,25,29). The Morgan fingerprint density at radius 1 is 1.19 bits per heavy atom. The first kappa shape index (κ1) is 22.0. The number of hydrogen-bond acceptors (Lipinski definition) is 5. The third-order valence-electron chi connectivity index (χ3n) is 5.61. The first-order chi connectivity index (χ1) is 15.3. The number of nitrogens with zero attached hydrogens (tertiary/aromatic N) is 4. The molecule has 2 aromatic carbocycles. The van der Waals surface area contributed by atoms with Crippen LogP contribution in [0.4, 0.5) is 5.69 Å². The second-order valence-electron chi connectivity index (χ2n) is 7.51. The Bertz CT molecular complexity index is 1390. The van der Waals surface area contributed by atoms with E-state index in [-0.39, 0.29) is 17.2 Å². The van der Waals surface area contributed by atoms with Crippen molar-refractivity contribution in [2.75, 3.05) is 18.4 Å². The average Bonchev–Trinajstić information content (AvgIpc) is 3.38. The number of anilines is 1. The third kappa shape index (κ3) is 3.98. The van der Waals surface area contributed by atoms with E-state index in [4.69, 9.17) is 0 Å². The van der Waals surface area contributed by atoms with Crippen LogP contribution >= 0.6 is 0 Å². The van der Waals surface area contributed by atoms with E-state index >= 15 is 0 Å². The summed E-state index contributed by atoms with van der Waals surface area (Å²) in [4.78, 5) is 17.4.